The molecule has 1 aromatic carbocycles. The van der Waals surface area contributed by atoms with Gasteiger partial charge in [0.25, 0.3) is 0 Å². The highest BCUT2D eigenvalue weighted by Crippen LogP contribution is 2.24. The molecular formula is C15H18N2O. The van der Waals surface area contributed by atoms with Crippen molar-refractivity contribution in [1.82, 2.24) is 0 Å². The smallest absolute Gasteiger partial charge is 0.227 e. The summed E-state index contributed by atoms with van der Waals surface area (Å²) in [5, 5.41) is 11.9. The van der Waals surface area contributed by atoms with Crippen molar-refractivity contribution < 1.29 is 4.79 Å². The second kappa shape index (κ2) is 6.20. The second-order valence-electron chi connectivity index (χ2n) is 4.84. The van der Waals surface area contributed by atoms with Crippen LogP contribution in [-0.2, 0) is 4.79 Å². The van der Waals surface area contributed by atoms with Crippen LogP contribution in [0, 0.1) is 17.2 Å². The highest BCUT2D eigenvalue weighted by Gasteiger charge is 2.20. The molecule has 2 rings (SSSR count). The molecule has 1 amide bonds. The molecule has 1 aliphatic carbocycles. The lowest BCUT2D eigenvalue weighted by Gasteiger charge is -2.14. The van der Waals surface area contributed by atoms with Gasteiger partial charge in [-0.1, -0.05) is 37.8 Å². The van der Waals surface area contributed by atoms with Crippen LogP contribution in [0.5, 0.6) is 0 Å². The van der Waals surface area contributed by atoms with Gasteiger partial charge < -0.3 is 5.32 Å². The zero-order valence-corrected chi connectivity index (χ0v) is 10.5. The number of nitrogens with zero attached hydrogens (tertiary/aromatic N) is 1. The topological polar surface area (TPSA) is 52.9 Å². The predicted octanol–water partition coefficient (Wildman–Crippen LogP) is 3.47. The van der Waals surface area contributed by atoms with Crippen LogP contribution in [-0.4, -0.2) is 5.91 Å². The molecule has 0 radical (unpaired) electrons. The number of para-hydroxylation sites is 1. The minimum absolute atomic E-state index is 0.0691. The van der Waals surface area contributed by atoms with Gasteiger partial charge >= 0.3 is 0 Å². The van der Waals surface area contributed by atoms with Crippen molar-refractivity contribution in [2.24, 2.45) is 5.92 Å². The average molecular weight is 242 g/mol. The normalized spacial score (nSPS) is 16.6. The van der Waals surface area contributed by atoms with Crippen molar-refractivity contribution in [1.29, 1.82) is 5.26 Å². The van der Waals surface area contributed by atoms with Crippen LogP contribution in [0.1, 0.15) is 44.1 Å². The van der Waals surface area contributed by atoms with Crippen LogP contribution in [0.3, 0.4) is 0 Å². The first-order chi connectivity index (χ1) is 8.81. The Hall–Kier alpha value is -1.82. The summed E-state index contributed by atoms with van der Waals surface area (Å²) in [5.74, 6) is 0.179. The first kappa shape index (κ1) is 12.6. The van der Waals surface area contributed by atoms with E-state index in [1.807, 2.05) is 6.07 Å². The lowest BCUT2D eigenvalue weighted by molar-refractivity contribution is -0.120. The number of nitriles is 1. The van der Waals surface area contributed by atoms with Crippen LogP contribution in [0.2, 0.25) is 0 Å². The van der Waals surface area contributed by atoms with Crippen LogP contribution >= 0.6 is 0 Å². The summed E-state index contributed by atoms with van der Waals surface area (Å²) in [5.41, 5.74) is 1.16. The molecule has 18 heavy (non-hydrogen) atoms. The number of rotatable bonds is 2. The standard InChI is InChI=1S/C15H18N2O/c16-11-13-9-5-6-10-14(13)17-15(18)12-7-3-1-2-4-8-12/h5-6,9-10,12H,1-4,7-8H2,(H,17,18). The van der Waals surface area contributed by atoms with Crippen LogP contribution in [0.25, 0.3) is 0 Å². The quantitative estimate of drug-likeness (QED) is 0.807. The van der Waals surface area contributed by atoms with E-state index in [-0.39, 0.29) is 11.8 Å². The maximum absolute atomic E-state index is 12.2. The van der Waals surface area contributed by atoms with Gasteiger partial charge in [0.05, 0.1) is 11.3 Å². The summed E-state index contributed by atoms with van der Waals surface area (Å²) in [4.78, 5) is 12.2. The van der Waals surface area contributed by atoms with E-state index in [0.29, 0.717) is 11.3 Å². The largest absolute Gasteiger partial charge is 0.325 e. The minimum atomic E-state index is 0.0691. The van der Waals surface area contributed by atoms with Crippen LogP contribution in [0.15, 0.2) is 24.3 Å². The van der Waals surface area contributed by atoms with Crippen molar-refractivity contribution in [2.45, 2.75) is 38.5 Å². The predicted molar refractivity (Wildman–Crippen MR) is 71.0 cm³/mol. The number of carbonyl (C=O) groups is 1. The molecule has 0 aliphatic heterocycles. The first-order valence-corrected chi connectivity index (χ1v) is 6.61. The lowest BCUT2D eigenvalue weighted by atomic mass is 9.99. The summed E-state index contributed by atoms with van der Waals surface area (Å²) in [7, 11) is 0. The number of benzene rings is 1. The minimum Gasteiger partial charge on any atom is -0.325 e. The SMILES string of the molecule is N#Cc1ccccc1NC(=O)C1CCCCCC1. The Morgan fingerprint density at radius 3 is 2.50 bits per heavy atom. The van der Waals surface area contributed by atoms with E-state index in [1.165, 1.54) is 12.8 Å². The third-order valence-electron chi connectivity index (χ3n) is 3.53. The number of hydrogen-bond donors (Lipinski definition) is 1. The number of anilines is 1. The van der Waals surface area contributed by atoms with E-state index in [1.54, 1.807) is 18.2 Å². The molecule has 0 heterocycles. The fraction of sp³-hybridized carbons (Fsp3) is 0.467. The number of carbonyl (C=O) groups excluding carboxylic acids is 1. The van der Waals surface area contributed by atoms with Gasteiger partial charge in [-0.3, -0.25) is 4.79 Å². The third-order valence-corrected chi connectivity index (χ3v) is 3.53. The molecule has 1 fully saturated rings. The molecule has 1 aromatic rings. The molecule has 0 spiro atoms. The van der Waals surface area contributed by atoms with E-state index in [2.05, 4.69) is 11.4 Å². The molecule has 0 saturated heterocycles. The highest BCUT2D eigenvalue weighted by molar-refractivity contribution is 5.93. The van der Waals surface area contributed by atoms with Crippen molar-refractivity contribution in [3.8, 4) is 6.07 Å². The molecular weight excluding hydrogens is 224 g/mol. The molecule has 3 heteroatoms. The van der Waals surface area contributed by atoms with Crippen LogP contribution < -0.4 is 5.32 Å². The van der Waals surface area contributed by atoms with E-state index in [0.717, 1.165) is 25.7 Å². The lowest BCUT2D eigenvalue weighted by Crippen LogP contribution is -2.22. The Balaban J connectivity index is 2.04. The first-order valence-electron chi connectivity index (χ1n) is 6.61. The van der Waals surface area contributed by atoms with Gasteiger partial charge in [0.15, 0.2) is 0 Å². The molecule has 0 aromatic heterocycles. The van der Waals surface area contributed by atoms with Crippen molar-refractivity contribution in [2.75, 3.05) is 5.32 Å². The van der Waals surface area contributed by atoms with Gasteiger partial charge in [0.1, 0.15) is 6.07 Å². The zero-order valence-electron chi connectivity index (χ0n) is 10.5. The molecule has 1 aliphatic rings. The Kier molecular flexibility index (Phi) is 4.35. The summed E-state index contributed by atoms with van der Waals surface area (Å²) in [6.45, 7) is 0. The Morgan fingerprint density at radius 1 is 1.17 bits per heavy atom. The number of hydrogen-bond acceptors (Lipinski definition) is 2. The Labute approximate surface area is 108 Å². The van der Waals surface area contributed by atoms with E-state index in [4.69, 9.17) is 5.26 Å². The third kappa shape index (κ3) is 3.10. The maximum atomic E-state index is 12.2. The molecule has 0 bridgehead atoms. The van der Waals surface area contributed by atoms with Gasteiger partial charge in [-0.25, -0.2) is 0 Å². The summed E-state index contributed by atoms with van der Waals surface area (Å²) >= 11 is 0. The zero-order chi connectivity index (χ0) is 12.8. The number of nitrogens with one attached hydrogen (secondary N) is 1. The molecule has 3 nitrogen and oxygen atoms in total. The fourth-order valence-corrected chi connectivity index (χ4v) is 2.47. The van der Waals surface area contributed by atoms with E-state index >= 15 is 0 Å². The van der Waals surface area contributed by atoms with Gasteiger partial charge in [0, 0.05) is 5.92 Å². The van der Waals surface area contributed by atoms with Crippen molar-refractivity contribution >= 4 is 11.6 Å². The molecule has 0 atom stereocenters. The summed E-state index contributed by atoms with van der Waals surface area (Å²) in [6.07, 6.45) is 6.69. The van der Waals surface area contributed by atoms with E-state index < -0.39 is 0 Å². The fourth-order valence-electron chi connectivity index (χ4n) is 2.47. The summed E-state index contributed by atoms with van der Waals surface area (Å²) in [6, 6.07) is 9.25. The van der Waals surface area contributed by atoms with Gasteiger partial charge in [-0.05, 0) is 25.0 Å². The monoisotopic (exact) mass is 242 g/mol. The molecule has 0 unspecified atom stereocenters. The highest BCUT2D eigenvalue weighted by atomic mass is 16.1. The van der Waals surface area contributed by atoms with Crippen LogP contribution in [0.4, 0.5) is 5.69 Å². The Bertz CT molecular complexity index is 454. The molecule has 1 saturated carbocycles. The van der Waals surface area contributed by atoms with Gasteiger partial charge in [-0.15, -0.1) is 0 Å². The van der Waals surface area contributed by atoms with E-state index in [9.17, 15) is 4.79 Å². The Morgan fingerprint density at radius 2 is 1.83 bits per heavy atom. The maximum Gasteiger partial charge on any atom is 0.227 e. The molecule has 94 valence electrons. The van der Waals surface area contributed by atoms with Gasteiger partial charge in [0.2, 0.25) is 5.91 Å². The number of amides is 1. The summed E-state index contributed by atoms with van der Waals surface area (Å²) < 4.78 is 0. The van der Waals surface area contributed by atoms with Gasteiger partial charge in [-0.2, -0.15) is 5.26 Å². The second-order valence-corrected chi connectivity index (χ2v) is 4.84. The molecule has 1 N–H and O–H groups in total. The van der Waals surface area contributed by atoms with Crippen molar-refractivity contribution in [3.05, 3.63) is 29.8 Å². The average Bonchev–Trinajstić information content (AvgIpc) is 2.68. The van der Waals surface area contributed by atoms with Crippen molar-refractivity contribution in [3.63, 3.8) is 0 Å².